The van der Waals surface area contributed by atoms with E-state index in [9.17, 15) is 9.59 Å². The topological polar surface area (TPSA) is 79.3 Å². The molecule has 0 spiro atoms. The van der Waals surface area contributed by atoms with Gasteiger partial charge in [-0.1, -0.05) is 11.6 Å². The summed E-state index contributed by atoms with van der Waals surface area (Å²) in [4.78, 5) is 26.7. The van der Waals surface area contributed by atoms with Gasteiger partial charge in [0, 0.05) is 10.7 Å². The lowest BCUT2D eigenvalue weighted by atomic mass is 10.2. The minimum absolute atomic E-state index is 0.0507. The van der Waals surface area contributed by atoms with Gasteiger partial charge in [-0.2, -0.15) is 0 Å². The van der Waals surface area contributed by atoms with E-state index in [0.717, 1.165) is 4.47 Å². The predicted molar refractivity (Wildman–Crippen MR) is 78.3 cm³/mol. The maximum Gasteiger partial charge on any atom is 0.335 e. The molecule has 102 valence electrons. The molecule has 2 rings (SSSR count). The number of hydrogen-bond acceptors (Lipinski definition) is 3. The second-order valence-corrected chi connectivity index (χ2v) is 5.14. The molecule has 0 radical (unpaired) electrons. The van der Waals surface area contributed by atoms with E-state index in [-0.39, 0.29) is 16.3 Å². The normalized spacial score (nSPS) is 10.1. The van der Waals surface area contributed by atoms with Crippen molar-refractivity contribution in [2.24, 2.45) is 0 Å². The van der Waals surface area contributed by atoms with Crippen LogP contribution in [-0.2, 0) is 0 Å². The van der Waals surface area contributed by atoms with Crippen LogP contribution in [0.1, 0.15) is 20.8 Å². The monoisotopic (exact) mass is 354 g/mol. The van der Waals surface area contributed by atoms with Crippen molar-refractivity contribution in [2.45, 2.75) is 0 Å². The Bertz CT molecular complexity index is 674. The molecular formula is C13H8BrClN2O3. The molecule has 0 aliphatic heterocycles. The summed E-state index contributed by atoms with van der Waals surface area (Å²) in [5.74, 6) is -1.51. The minimum atomic E-state index is -1.08. The Morgan fingerprint density at radius 2 is 2.00 bits per heavy atom. The molecule has 0 atom stereocenters. The number of carboxylic acid groups (broad SMARTS) is 1. The van der Waals surface area contributed by atoms with Crippen molar-refractivity contribution in [2.75, 3.05) is 5.32 Å². The second kappa shape index (κ2) is 6.02. The lowest BCUT2D eigenvalue weighted by Crippen LogP contribution is -2.14. The van der Waals surface area contributed by atoms with Crippen LogP contribution < -0.4 is 5.32 Å². The molecule has 5 nitrogen and oxygen atoms in total. The Hall–Kier alpha value is -1.92. The van der Waals surface area contributed by atoms with E-state index in [4.69, 9.17) is 16.7 Å². The first-order chi connectivity index (χ1) is 9.47. The summed E-state index contributed by atoms with van der Waals surface area (Å²) < 4.78 is 0.762. The van der Waals surface area contributed by atoms with Crippen molar-refractivity contribution in [3.63, 3.8) is 0 Å². The third kappa shape index (κ3) is 3.34. The van der Waals surface area contributed by atoms with Crippen LogP contribution in [0, 0.1) is 0 Å². The zero-order valence-electron chi connectivity index (χ0n) is 9.93. The Morgan fingerprint density at radius 3 is 2.55 bits per heavy atom. The van der Waals surface area contributed by atoms with Crippen LogP contribution in [0.25, 0.3) is 0 Å². The average Bonchev–Trinajstić information content (AvgIpc) is 2.41. The molecule has 1 aromatic carbocycles. The molecule has 1 aromatic heterocycles. The number of rotatable bonds is 3. The van der Waals surface area contributed by atoms with E-state index in [1.165, 1.54) is 24.4 Å². The van der Waals surface area contributed by atoms with Gasteiger partial charge in [0.2, 0.25) is 0 Å². The summed E-state index contributed by atoms with van der Waals surface area (Å²) in [6, 6.07) is 7.31. The molecular weight excluding hydrogens is 348 g/mol. The fourth-order valence-corrected chi connectivity index (χ4v) is 1.91. The molecule has 0 fully saturated rings. The number of pyridine rings is 1. The Labute approximate surface area is 127 Å². The second-order valence-electron chi connectivity index (χ2n) is 3.82. The summed E-state index contributed by atoms with van der Waals surface area (Å²) in [5.41, 5.74) is 0.604. The number of nitrogens with zero attached hydrogens (tertiary/aromatic N) is 1. The lowest BCUT2D eigenvalue weighted by molar-refractivity contribution is 0.0696. The number of amides is 1. The number of nitrogens with one attached hydrogen (secondary N) is 1. The van der Waals surface area contributed by atoms with Gasteiger partial charge in [-0.05, 0) is 46.3 Å². The first kappa shape index (κ1) is 14.5. The molecule has 2 N–H and O–H groups in total. The lowest BCUT2D eigenvalue weighted by Gasteiger charge is -2.07. The number of carbonyl (C=O) groups is 2. The first-order valence-electron chi connectivity index (χ1n) is 5.43. The van der Waals surface area contributed by atoms with Crippen LogP contribution in [0.2, 0.25) is 5.02 Å². The van der Waals surface area contributed by atoms with Crippen LogP contribution in [0.4, 0.5) is 5.69 Å². The van der Waals surface area contributed by atoms with Crippen LogP contribution in [0.5, 0.6) is 0 Å². The number of aromatic nitrogens is 1. The molecule has 0 bridgehead atoms. The van der Waals surface area contributed by atoms with E-state index in [0.29, 0.717) is 5.69 Å². The predicted octanol–water partition coefficient (Wildman–Crippen LogP) is 3.45. The highest BCUT2D eigenvalue weighted by Gasteiger charge is 2.11. The number of carboxylic acids is 1. The quantitative estimate of drug-likeness (QED) is 0.884. The van der Waals surface area contributed by atoms with Gasteiger partial charge >= 0.3 is 5.97 Å². The van der Waals surface area contributed by atoms with Crippen LogP contribution in [0.3, 0.4) is 0 Å². The van der Waals surface area contributed by atoms with Gasteiger partial charge in [0.25, 0.3) is 5.91 Å². The third-order valence-electron chi connectivity index (χ3n) is 2.42. The van der Waals surface area contributed by atoms with Gasteiger partial charge in [0.05, 0.1) is 16.3 Å². The highest BCUT2D eigenvalue weighted by atomic mass is 79.9. The van der Waals surface area contributed by atoms with E-state index in [2.05, 4.69) is 26.2 Å². The summed E-state index contributed by atoms with van der Waals surface area (Å²) >= 11 is 9.15. The molecule has 0 unspecified atom stereocenters. The van der Waals surface area contributed by atoms with Crippen LogP contribution >= 0.6 is 27.5 Å². The molecule has 0 saturated carbocycles. The van der Waals surface area contributed by atoms with Crippen molar-refractivity contribution in [1.82, 2.24) is 4.98 Å². The smallest absolute Gasteiger partial charge is 0.335 e. The number of aromatic carboxylic acids is 1. The summed E-state index contributed by atoms with van der Waals surface area (Å²) in [5, 5.41) is 11.5. The van der Waals surface area contributed by atoms with Gasteiger partial charge in [-0.3, -0.25) is 4.79 Å². The Balaban J connectivity index is 2.19. The van der Waals surface area contributed by atoms with E-state index < -0.39 is 11.9 Å². The molecule has 0 aliphatic carbocycles. The maximum atomic E-state index is 11.9. The molecule has 1 heterocycles. The summed E-state index contributed by atoms with van der Waals surface area (Å²) in [6.07, 6.45) is 1.50. The number of benzene rings is 1. The number of anilines is 1. The molecule has 0 saturated heterocycles. The van der Waals surface area contributed by atoms with E-state index in [1.54, 1.807) is 12.1 Å². The average molecular weight is 356 g/mol. The van der Waals surface area contributed by atoms with Crippen LogP contribution in [-0.4, -0.2) is 22.0 Å². The molecule has 2 aromatic rings. The SMILES string of the molecule is O=C(O)c1ccc(NC(=O)c2ccc(Br)cn2)c(Cl)c1. The first-order valence-corrected chi connectivity index (χ1v) is 6.60. The number of hydrogen-bond donors (Lipinski definition) is 2. The fourth-order valence-electron chi connectivity index (χ4n) is 1.45. The number of carbonyl (C=O) groups excluding carboxylic acids is 1. The third-order valence-corrected chi connectivity index (χ3v) is 3.21. The van der Waals surface area contributed by atoms with Crippen molar-refractivity contribution in [1.29, 1.82) is 0 Å². The Kier molecular flexibility index (Phi) is 4.36. The van der Waals surface area contributed by atoms with E-state index in [1.807, 2.05) is 0 Å². The molecule has 7 heteroatoms. The van der Waals surface area contributed by atoms with Crippen molar-refractivity contribution in [3.05, 3.63) is 57.3 Å². The highest BCUT2D eigenvalue weighted by molar-refractivity contribution is 9.10. The standard InChI is InChI=1S/C13H8BrClN2O3/c14-8-2-4-11(16-6-8)12(18)17-10-3-1-7(13(19)20)5-9(10)15/h1-6H,(H,17,18)(H,19,20). The Morgan fingerprint density at radius 1 is 1.25 bits per heavy atom. The van der Waals surface area contributed by atoms with Gasteiger partial charge in [-0.15, -0.1) is 0 Å². The van der Waals surface area contributed by atoms with Gasteiger partial charge in [-0.25, -0.2) is 9.78 Å². The molecule has 0 aliphatic rings. The maximum absolute atomic E-state index is 11.9. The largest absolute Gasteiger partial charge is 0.478 e. The van der Waals surface area contributed by atoms with Crippen LogP contribution in [0.15, 0.2) is 41.0 Å². The summed E-state index contributed by atoms with van der Waals surface area (Å²) in [7, 11) is 0. The highest BCUT2D eigenvalue weighted by Crippen LogP contribution is 2.23. The number of halogens is 2. The van der Waals surface area contributed by atoms with Crippen molar-refractivity contribution >= 4 is 45.1 Å². The van der Waals surface area contributed by atoms with Gasteiger partial charge in [0.1, 0.15) is 5.69 Å². The minimum Gasteiger partial charge on any atom is -0.478 e. The zero-order chi connectivity index (χ0) is 14.7. The van der Waals surface area contributed by atoms with E-state index >= 15 is 0 Å². The molecule has 20 heavy (non-hydrogen) atoms. The zero-order valence-corrected chi connectivity index (χ0v) is 12.3. The summed E-state index contributed by atoms with van der Waals surface area (Å²) in [6.45, 7) is 0. The van der Waals surface area contributed by atoms with Crippen molar-refractivity contribution < 1.29 is 14.7 Å². The van der Waals surface area contributed by atoms with Crippen molar-refractivity contribution in [3.8, 4) is 0 Å². The van der Waals surface area contributed by atoms with Gasteiger partial charge < -0.3 is 10.4 Å². The van der Waals surface area contributed by atoms with Gasteiger partial charge in [0.15, 0.2) is 0 Å². The fraction of sp³-hybridized carbons (Fsp3) is 0. The molecule has 1 amide bonds.